The van der Waals surface area contributed by atoms with E-state index in [2.05, 4.69) is 37.2 Å². The lowest BCUT2D eigenvalue weighted by Gasteiger charge is -2.21. The fourth-order valence-electron chi connectivity index (χ4n) is 1.93. The summed E-state index contributed by atoms with van der Waals surface area (Å²) in [6.45, 7) is 5.32. The first-order chi connectivity index (χ1) is 10.6. The smallest absolute Gasteiger partial charge is 0.323 e. The van der Waals surface area contributed by atoms with Gasteiger partial charge in [0.15, 0.2) is 0 Å². The summed E-state index contributed by atoms with van der Waals surface area (Å²) in [5.74, 6) is -0.841. The highest BCUT2D eigenvalue weighted by atomic mass is 79.9. The molecule has 7 heteroatoms. The van der Waals surface area contributed by atoms with E-state index in [0.29, 0.717) is 6.42 Å². The number of halogens is 2. The summed E-state index contributed by atoms with van der Waals surface area (Å²) in [6, 6.07) is 5.10. The summed E-state index contributed by atoms with van der Waals surface area (Å²) in [5.41, 5.74) is 0.368. The molecular formula is C16H21Br2NO4. The second-order valence-electron chi connectivity index (χ2n) is 6.02. The average Bonchev–Trinajstić information content (AvgIpc) is 2.39. The van der Waals surface area contributed by atoms with Crippen molar-refractivity contribution in [3.05, 3.63) is 32.7 Å². The van der Waals surface area contributed by atoms with E-state index in [4.69, 9.17) is 9.47 Å². The Morgan fingerprint density at radius 3 is 2.22 bits per heavy atom. The van der Waals surface area contributed by atoms with Crippen LogP contribution in [-0.2, 0) is 25.5 Å². The van der Waals surface area contributed by atoms with Crippen LogP contribution in [-0.4, -0.2) is 37.2 Å². The number of hydrogen-bond donors (Lipinski definition) is 1. The predicted octanol–water partition coefficient (Wildman–Crippen LogP) is 3.23. The zero-order valence-corrected chi connectivity index (χ0v) is 16.8. The minimum Gasteiger partial charge on any atom is -0.468 e. The molecule has 0 bridgehead atoms. The van der Waals surface area contributed by atoms with Gasteiger partial charge in [-0.2, -0.15) is 0 Å². The molecular weight excluding hydrogens is 430 g/mol. The first kappa shape index (κ1) is 20.1. The third-order valence-electron chi connectivity index (χ3n) is 2.76. The van der Waals surface area contributed by atoms with Crippen molar-refractivity contribution in [1.82, 2.24) is 5.32 Å². The Kier molecular flexibility index (Phi) is 7.70. The number of methoxy groups -OCH3 is 1. The van der Waals surface area contributed by atoms with Crippen LogP contribution in [0.5, 0.6) is 0 Å². The highest BCUT2D eigenvalue weighted by molar-refractivity contribution is 9.11. The van der Waals surface area contributed by atoms with Crippen molar-refractivity contribution in [2.24, 2.45) is 0 Å². The molecule has 0 saturated carbocycles. The number of ether oxygens (including phenoxy) is 2. The molecule has 1 rings (SSSR count). The summed E-state index contributed by atoms with van der Waals surface area (Å²) in [5, 5.41) is 2.90. The Balaban J connectivity index is 2.73. The monoisotopic (exact) mass is 449 g/mol. The number of carbonyl (C=O) groups is 2. The molecule has 1 aromatic rings. The van der Waals surface area contributed by atoms with Crippen LogP contribution in [0.25, 0.3) is 0 Å². The fourth-order valence-corrected chi connectivity index (χ4v) is 3.32. The first-order valence-electron chi connectivity index (χ1n) is 7.09. The topological polar surface area (TPSA) is 64.6 Å². The molecule has 128 valence electrons. The van der Waals surface area contributed by atoms with Crippen molar-refractivity contribution in [3.8, 4) is 0 Å². The molecule has 0 heterocycles. The van der Waals surface area contributed by atoms with Gasteiger partial charge in [-0.15, -0.1) is 0 Å². The van der Waals surface area contributed by atoms with Crippen molar-refractivity contribution in [3.63, 3.8) is 0 Å². The quantitative estimate of drug-likeness (QED) is 0.674. The molecule has 0 spiro atoms. The number of rotatable bonds is 6. The number of esters is 2. The fraction of sp³-hybridized carbons (Fsp3) is 0.500. The molecule has 1 N–H and O–H groups in total. The summed E-state index contributed by atoms with van der Waals surface area (Å²) in [4.78, 5) is 23.7. The van der Waals surface area contributed by atoms with Gasteiger partial charge in [-0.1, -0.05) is 31.9 Å². The van der Waals surface area contributed by atoms with Crippen LogP contribution in [0.3, 0.4) is 0 Å². The second kappa shape index (κ2) is 8.80. The molecule has 1 unspecified atom stereocenters. The molecule has 0 radical (unpaired) electrons. The van der Waals surface area contributed by atoms with E-state index in [1.807, 2.05) is 18.2 Å². The van der Waals surface area contributed by atoms with E-state index < -0.39 is 23.6 Å². The van der Waals surface area contributed by atoms with Gasteiger partial charge in [-0.3, -0.25) is 14.9 Å². The lowest BCUT2D eigenvalue weighted by atomic mass is 10.1. The van der Waals surface area contributed by atoms with Gasteiger partial charge in [0.25, 0.3) is 0 Å². The average molecular weight is 451 g/mol. The van der Waals surface area contributed by atoms with E-state index in [0.717, 1.165) is 14.5 Å². The zero-order valence-electron chi connectivity index (χ0n) is 13.6. The normalized spacial score (nSPS) is 12.6. The van der Waals surface area contributed by atoms with Crippen LogP contribution in [0.1, 0.15) is 26.3 Å². The third-order valence-corrected chi connectivity index (χ3v) is 3.68. The van der Waals surface area contributed by atoms with E-state index in [1.54, 1.807) is 20.8 Å². The standard InChI is InChI=1S/C16H21Br2NO4/c1-16(2,3)23-14(20)9-19-13(15(21)22-4)7-10-5-11(17)8-12(18)6-10/h5-6,8,13,19H,7,9H2,1-4H3. The highest BCUT2D eigenvalue weighted by Crippen LogP contribution is 2.21. The minimum absolute atomic E-state index is 0.0633. The summed E-state index contributed by atoms with van der Waals surface area (Å²) >= 11 is 6.82. The lowest BCUT2D eigenvalue weighted by Crippen LogP contribution is -2.43. The Morgan fingerprint density at radius 1 is 1.17 bits per heavy atom. The van der Waals surface area contributed by atoms with Crippen LogP contribution < -0.4 is 5.32 Å². The van der Waals surface area contributed by atoms with Gasteiger partial charge in [0.2, 0.25) is 0 Å². The van der Waals surface area contributed by atoms with Crippen LogP contribution in [0.2, 0.25) is 0 Å². The van der Waals surface area contributed by atoms with E-state index in [-0.39, 0.29) is 6.54 Å². The number of carbonyl (C=O) groups excluding carboxylic acids is 2. The Bertz CT molecular complexity index is 549. The van der Waals surface area contributed by atoms with Crippen molar-refractivity contribution >= 4 is 43.8 Å². The van der Waals surface area contributed by atoms with Crippen molar-refractivity contribution in [2.45, 2.75) is 38.8 Å². The van der Waals surface area contributed by atoms with Gasteiger partial charge in [-0.25, -0.2) is 0 Å². The maximum Gasteiger partial charge on any atom is 0.323 e. The summed E-state index contributed by atoms with van der Waals surface area (Å²) < 4.78 is 11.8. The summed E-state index contributed by atoms with van der Waals surface area (Å²) in [7, 11) is 1.32. The second-order valence-corrected chi connectivity index (χ2v) is 7.86. The number of benzene rings is 1. The van der Waals surface area contributed by atoms with Crippen molar-refractivity contribution in [2.75, 3.05) is 13.7 Å². The molecule has 1 aromatic carbocycles. The third kappa shape index (κ3) is 7.94. The first-order valence-corrected chi connectivity index (χ1v) is 8.67. The molecule has 5 nitrogen and oxygen atoms in total. The van der Waals surface area contributed by atoms with Gasteiger partial charge in [-0.05, 0) is 51.0 Å². The SMILES string of the molecule is COC(=O)C(Cc1cc(Br)cc(Br)c1)NCC(=O)OC(C)(C)C. The predicted molar refractivity (Wildman–Crippen MR) is 95.2 cm³/mol. The molecule has 0 aliphatic rings. The maximum absolute atomic E-state index is 11.9. The van der Waals surface area contributed by atoms with Crippen LogP contribution in [0.4, 0.5) is 0 Å². The van der Waals surface area contributed by atoms with Gasteiger partial charge in [0.1, 0.15) is 11.6 Å². The Hall–Kier alpha value is -0.920. The van der Waals surface area contributed by atoms with Crippen molar-refractivity contribution < 1.29 is 19.1 Å². The highest BCUT2D eigenvalue weighted by Gasteiger charge is 2.22. The Morgan fingerprint density at radius 2 is 1.74 bits per heavy atom. The van der Waals surface area contributed by atoms with E-state index >= 15 is 0 Å². The lowest BCUT2D eigenvalue weighted by molar-refractivity contribution is -0.154. The number of nitrogens with one attached hydrogen (secondary N) is 1. The van der Waals surface area contributed by atoms with Gasteiger partial charge in [0, 0.05) is 8.95 Å². The molecule has 0 aliphatic carbocycles. The van der Waals surface area contributed by atoms with Gasteiger partial charge >= 0.3 is 11.9 Å². The molecule has 0 aromatic heterocycles. The molecule has 0 amide bonds. The minimum atomic E-state index is -0.631. The van der Waals surface area contributed by atoms with Gasteiger partial charge < -0.3 is 9.47 Å². The largest absolute Gasteiger partial charge is 0.468 e. The molecule has 0 fully saturated rings. The molecule has 0 aliphatic heterocycles. The van der Waals surface area contributed by atoms with Crippen LogP contribution in [0, 0.1) is 0 Å². The molecule has 23 heavy (non-hydrogen) atoms. The van der Waals surface area contributed by atoms with Gasteiger partial charge in [0.05, 0.1) is 13.7 Å². The van der Waals surface area contributed by atoms with E-state index in [1.165, 1.54) is 7.11 Å². The van der Waals surface area contributed by atoms with Crippen molar-refractivity contribution in [1.29, 1.82) is 0 Å². The zero-order chi connectivity index (χ0) is 17.6. The maximum atomic E-state index is 11.9. The Labute approximate surface area is 153 Å². The van der Waals surface area contributed by atoms with E-state index in [9.17, 15) is 9.59 Å². The molecule has 0 saturated heterocycles. The number of hydrogen-bond acceptors (Lipinski definition) is 5. The molecule has 1 atom stereocenters. The van der Waals surface area contributed by atoms with Crippen LogP contribution >= 0.6 is 31.9 Å². The summed E-state index contributed by atoms with van der Waals surface area (Å²) in [6.07, 6.45) is 0.396. The van der Waals surface area contributed by atoms with Crippen LogP contribution in [0.15, 0.2) is 27.1 Å².